The SMILES string of the molecule is C=CC(=O)N1CCC(O)(C#CC2C(C3CCC(OC4CCCCC4F)CC3)C3C(N)NCNC3N2C)CC1. The minimum absolute atomic E-state index is 0.0312. The van der Waals surface area contributed by atoms with Crippen molar-refractivity contribution in [2.75, 3.05) is 26.8 Å². The third-order valence-corrected chi connectivity index (χ3v) is 9.90. The van der Waals surface area contributed by atoms with Gasteiger partial charge in [-0.25, -0.2) is 4.39 Å². The number of alkyl halides is 1. The van der Waals surface area contributed by atoms with Crippen LogP contribution in [0.25, 0.3) is 0 Å². The fraction of sp³-hybridized carbons (Fsp3) is 0.828. The molecule has 8 nitrogen and oxygen atoms in total. The minimum Gasteiger partial charge on any atom is -0.377 e. The van der Waals surface area contributed by atoms with E-state index in [4.69, 9.17) is 10.5 Å². The van der Waals surface area contributed by atoms with Crippen LogP contribution in [0.2, 0.25) is 0 Å². The first-order chi connectivity index (χ1) is 18.3. The van der Waals surface area contributed by atoms with Crippen LogP contribution in [0.1, 0.15) is 64.2 Å². The molecule has 0 aromatic carbocycles. The Morgan fingerprint density at radius 1 is 1.13 bits per heavy atom. The predicted octanol–water partition coefficient (Wildman–Crippen LogP) is 1.69. The van der Waals surface area contributed by atoms with E-state index in [0.29, 0.717) is 44.9 Å². The maximum Gasteiger partial charge on any atom is 0.245 e. The smallest absolute Gasteiger partial charge is 0.245 e. The summed E-state index contributed by atoms with van der Waals surface area (Å²) in [5, 5.41) is 18.2. The van der Waals surface area contributed by atoms with Gasteiger partial charge in [-0.3, -0.25) is 20.3 Å². The Morgan fingerprint density at radius 3 is 2.53 bits per heavy atom. The summed E-state index contributed by atoms with van der Waals surface area (Å²) in [6.07, 6.45) is 8.69. The number of nitrogens with zero attached hydrogens (tertiary/aromatic N) is 2. The molecular formula is C29H46FN5O3. The number of aliphatic hydroxyl groups is 1. The topological polar surface area (TPSA) is 103 Å². The van der Waals surface area contributed by atoms with Crippen molar-refractivity contribution in [1.29, 1.82) is 0 Å². The van der Waals surface area contributed by atoms with Crippen molar-refractivity contribution in [3.05, 3.63) is 12.7 Å². The van der Waals surface area contributed by atoms with Gasteiger partial charge in [0, 0.05) is 38.5 Å². The highest BCUT2D eigenvalue weighted by Gasteiger charge is 2.53. The van der Waals surface area contributed by atoms with E-state index >= 15 is 0 Å². The Balaban J connectivity index is 1.28. The third kappa shape index (κ3) is 5.81. The molecule has 5 fully saturated rings. The molecule has 2 saturated carbocycles. The van der Waals surface area contributed by atoms with Crippen LogP contribution in [0.4, 0.5) is 4.39 Å². The first kappa shape index (κ1) is 28.0. The number of fused-ring (bicyclic) bond motifs is 1. The van der Waals surface area contributed by atoms with E-state index in [1.807, 2.05) is 0 Å². The number of piperidine rings is 1. The van der Waals surface area contributed by atoms with Crippen LogP contribution < -0.4 is 16.4 Å². The summed E-state index contributed by atoms with van der Waals surface area (Å²) in [7, 11) is 2.11. The van der Waals surface area contributed by atoms with Gasteiger partial charge in [0.2, 0.25) is 5.91 Å². The van der Waals surface area contributed by atoms with Gasteiger partial charge in [-0.05, 0) is 63.5 Å². The molecule has 5 rings (SSSR count). The fourth-order valence-electron chi connectivity index (χ4n) is 7.66. The zero-order chi connectivity index (χ0) is 26.9. The molecule has 3 heterocycles. The summed E-state index contributed by atoms with van der Waals surface area (Å²) in [6, 6.07) is -0.0312. The predicted molar refractivity (Wildman–Crippen MR) is 144 cm³/mol. The van der Waals surface area contributed by atoms with Gasteiger partial charge in [0.25, 0.3) is 0 Å². The minimum atomic E-state index is -1.10. The van der Waals surface area contributed by atoms with Gasteiger partial charge in [0.05, 0.1) is 30.6 Å². The van der Waals surface area contributed by atoms with Crippen LogP contribution in [-0.4, -0.2) is 90.0 Å². The number of ether oxygens (including phenoxy) is 1. The standard InChI is InChI=1S/C29H46FN5O3/c1-3-24(36)35-16-14-29(37,15-17-35)13-12-22-25(26-27(31)32-18-33-28(26)34(22)2)19-8-10-20(11-9-19)38-23-7-5-4-6-21(23)30/h3,19-23,25-28,32-33,37H,1,4-11,14-18,31H2,2H3. The second-order valence-electron chi connectivity index (χ2n) is 12.2. The van der Waals surface area contributed by atoms with Crippen molar-refractivity contribution >= 4 is 5.91 Å². The van der Waals surface area contributed by atoms with Crippen molar-refractivity contribution in [1.82, 2.24) is 20.4 Å². The normalized spacial score (nSPS) is 41.6. The molecule has 5 N–H and O–H groups in total. The maximum absolute atomic E-state index is 14.4. The Labute approximate surface area is 226 Å². The summed E-state index contributed by atoms with van der Waals surface area (Å²) < 4.78 is 20.7. The van der Waals surface area contributed by atoms with Crippen LogP contribution in [0.5, 0.6) is 0 Å². The number of carbonyl (C=O) groups excluding carboxylic acids is 1. The van der Waals surface area contributed by atoms with Gasteiger partial charge in [0.1, 0.15) is 11.8 Å². The van der Waals surface area contributed by atoms with Gasteiger partial charge in [-0.1, -0.05) is 31.3 Å². The largest absolute Gasteiger partial charge is 0.377 e. The van der Waals surface area contributed by atoms with E-state index in [-0.39, 0.29) is 48.3 Å². The van der Waals surface area contributed by atoms with E-state index in [0.717, 1.165) is 44.9 Å². The average Bonchev–Trinajstić information content (AvgIpc) is 3.22. The molecule has 2 aliphatic carbocycles. The van der Waals surface area contributed by atoms with Crippen LogP contribution in [-0.2, 0) is 9.53 Å². The highest BCUT2D eigenvalue weighted by Crippen LogP contribution is 2.46. The van der Waals surface area contributed by atoms with Crippen molar-refractivity contribution in [3.8, 4) is 11.8 Å². The molecule has 212 valence electrons. The number of carbonyl (C=O) groups is 1. The molecule has 0 spiro atoms. The highest BCUT2D eigenvalue weighted by atomic mass is 19.1. The summed E-state index contributed by atoms with van der Waals surface area (Å²) in [4.78, 5) is 16.0. The molecule has 0 radical (unpaired) electrons. The number of rotatable bonds is 4. The van der Waals surface area contributed by atoms with Crippen LogP contribution in [0.15, 0.2) is 12.7 Å². The van der Waals surface area contributed by atoms with Gasteiger partial charge in [-0.2, -0.15) is 0 Å². The quantitative estimate of drug-likeness (QED) is 0.323. The van der Waals surface area contributed by atoms with Crippen LogP contribution >= 0.6 is 0 Å². The van der Waals surface area contributed by atoms with Crippen molar-refractivity contribution in [2.45, 2.75) is 107 Å². The molecule has 3 saturated heterocycles. The summed E-state index contributed by atoms with van der Waals surface area (Å²) >= 11 is 0. The molecule has 7 unspecified atom stereocenters. The molecule has 38 heavy (non-hydrogen) atoms. The van der Waals surface area contributed by atoms with E-state index in [1.54, 1.807) is 4.90 Å². The summed E-state index contributed by atoms with van der Waals surface area (Å²) in [6.45, 7) is 5.18. The molecule has 3 aliphatic heterocycles. The van der Waals surface area contributed by atoms with Crippen LogP contribution in [0.3, 0.4) is 0 Å². The number of hydrogen-bond acceptors (Lipinski definition) is 7. The average molecular weight is 532 g/mol. The first-order valence-electron chi connectivity index (χ1n) is 14.7. The lowest BCUT2D eigenvalue weighted by Crippen LogP contribution is -2.63. The molecule has 9 heteroatoms. The monoisotopic (exact) mass is 531 g/mol. The number of amides is 1. The van der Waals surface area contributed by atoms with Gasteiger partial charge in [0.15, 0.2) is 0 Å². The Kier molecular flexibility index (Phi) is 8.78. The third-order valence-electron chi connectivity index (χ3n) is 9.90. The molecular weight excluding hydrogens is 485 g/mol. The lowest BCUT2D eigenvalue weighted by Gasteiger charge is -2.41. The van der Waals surface area contributed by atoms with Gasteiger partial charge >= 0.3 is 0 Å². The number of hydrogen-bond donors (Lipinski definition) is 4. The summed E-state index contributed by atoms with van der Waals surface area (Å²) in [5.41, 5.74) is 5.54. The lowest BCUT2D eigenvalue weighted by molar-refractivity contribution is -0.128. The van der Waals surface area contributed by atoms with E-state index < -0.39 is 11.8 Å². The number of halogens is 1. The zero-order valence-corrected chi connectivity index (χ0v) is 22.8. The molecule has 0 bridgehead atoms. The highest BCUT2D eigenvalue weighted by molar-refractivity contribution is 5.87. The first-order valence-corrected chi connectivity index (χ1v) is 14.7. The molecule has 0 aromatic heterocycles. The molecule has 0 aromatic rings. The Bertz CT molecular complexity index is 908. The Morgan fingerprint density at radius 2 is 1.84 bits per heavy atom. The molecule has 5 aliphatic rings. The lowest BCUT2D eigenvalue weighted by atomic mass is 9.70. The van der Waals surface area contributed by atoms with Gasteiger partial charge < -0.3 is 20.5 Å². The van der Waals surface area contributed by atoms with E-state index in [1.165, 1.54) is 6.08 Å². The number of likely N-dealkylation sites (tertiary alicyclic amines) is 2. The molecule has 1 amide bonds. The Hall–Kier alpha value is -1.54. The van der Waals surface area contributed by atoms with Gasteiger partial charge in [-0.15, -0.1) is 0 Å². The molecule has 7 atom stereocenters. The number of nitrogens with two attached hydrogens (primary N) is 1. The van der Waals surface area contributed by atoms with Crippen LogP contribution in [0, 0.1) is 29.6 Å². The number of nitrogens with one attached hydrogen (secondary N) is 2. The maximum atomic E-state index is 14.4. The van der Waals surface area contributed by atoms with Crippen molar-refractivity contribution in [3.63, 3.8) is 0 Å². The zero-order valence-electron chi connectivity index (χ0n) is 22.8. The van der Waals surface area contributed by atoms with E-state index in [9.17, 15) is 14.3 Å². The van der Waals surface area contributed by atoms with E-state index in [2.05, 4.69) is 41.0 Å². The summed E-state index contributed by atoms with van der Waals surface area (Å²) in [5.74, 6) is 7.55. The van der Waals surface area contributed by atoms with Crippen molar-refractivity contribution < 1.29 is 19.0 Å². The fourth-order valence-corrected chi connectivity index (χ4v) is 7.66. The second kappa shape index (κ2) is 11.9. The second-order valence-corrected chi connectivity index (χ2v) is 12.2. The van der Waals surface area contributed by atoms with Crippen molar-refractivity contribution in [2.24, 2.45) is 23.5 Å².